The van der Waals surface area contributed by atoms with Crippen LogP contribution in [-0.2, 0) is 0 Å². The monoisotopic (exact) mass is 313 g/mol. The van der Waals surface area contributed by atoms with Gasteiger partial charge in [0, 0.05) is 6.07 Å². The number of rotatable bonds is 7. The highest BCUT2D eigenvalue weighted by Crippen LogP contribution is 2.20. The third kappa shape index (κ3) is 4.54. The summed E-state index contributed by atoms with van der Waals surface area (Å²) in [6, 6.07) is 16.6. The van der Waals surface area contributed by atoms with Crippen molar-refractivity contribution >= 4 is 17.7 Å². The second-order valence-electron chi connectivity index (χ2n) is 5.10. The van der Waals surface area contributed by atoms with Crippen molar-refractivity contribution in [3.63, 3.8) is 0 Å². The molecular formula is C17H21N4O2+. The van der Waals surface area contributed by atoms with Crippen LogP contribution in [0.1, 0.15) is 25.5 Å². The molecule has 2 aromatic rings. The highest BCUT2D eigenvalue weighted by atomic mass is 16.6. The standard InChI is InChI=1S/C17H20N4O2/c1-3-18-13-20(16-10-7-11-17(12-16)21(22)23)19-14(2)15-8-5-4-6-9-15/h4-14,19H,3H2,1-2H3/p+1/t14-/m0/s1. The molecule has 2 rings (SSSR count). The van der Waals surface area contributed by atoms with Crippen molar-refractivity contribution in [1.29, 1.82) is 0 Å². The maximum atomic E-state index is 11.0. The van der Waals surface area contributed by atoms with Crippen LogP contribution in [0.3, 0.4) is 0 Å². The van der Waals surface area contributed by atoms with Gasteiger partial charge in [0.15, 0.2) is 5.69 Å². The molecule has 1 atom stereocenters. The van der Waals surface area contributed by atoms with E-state index in [1.165, 1.54) is 6.07 Å². The van der Waals surface area contributed by atoms with Gasteiger partial charge in [0.1, 0.15) is 0 Å². The molecule has 120 valence electrons. The Labute approximate surface area is 135 Å². The number of benzene rings is 2. The molecule has 0 aliphatic heterocycles. The number of non-ortho nitro benzene ring substituents is 1. The summed E-state index contributed by atoms with van der Waals surface area (Å²) in [4.78, 5) is 10.6. The first-order chi connectivity index (χ1) is 11.1. The molecule has 2 aromatic carbocycles. The smallest absolute Gasteiger partial charge is 0.273 e. The summed E-state index contributed by atoms with van der Waals surface area (Å²) in [5.41, 5.74) is 5.23. The van der Waals surface area contributed by atoms with Gasteiger partial charge in [-0.1, -0.05) is 36.4 Å². The van der Waals surface area contributed by atoms with Gasteiger partial charge in [-0.15, -0.1) is 4.68 Å². The molecule has 0 heterocycles. The largest absolute Gasteiger partial charge is 0.279 e. The second kappa shape index (κ2) is 7.93. The number of nitrogens with zero attached hydrogens (tertiary/aromatic N) is 2. The number of nitro benzene ring substituents is 1. The fourth-order valence-corrected chi connectivity index (χ4v) is 2.15. The Hall–Kier alpha value is -2.89. The highest BCUT2D eigenvalue weighted by Gasteiger charge is 2.14. The van der Waals surface area contributed by atoms with E-state index in [1.54, 1.807) is 23.2 Å². The number of hydrazine groups is 1. The Bertz CT molecular complexity index is 686. The molecule has 6 heteroatoms. The van der Waals surface area contributed by atoms with E-state index < -0.39 is 4.92 Å². The zero-order chi connectivity index (χ0) is 16.7. The number of hydrogen-bond acceptors (Lipinski definition) is 3. The first-order valence-corrected chi connectivity index (χ1v) is 7.53. The van der Waals surface area contributed by atoms with Crippen molar-refractivity contribution in [3.05, 3.63) is 70.3 Å². The van der Waals surface area contributed by atoms with Gasteiger partial charge in [0.25, 0.3) is 12.0 Å². The minimum absolute atomic E-state index is 0.0466. The molecule has 0 aliphatic rings. The zero-order valence-electron chi connectivity index (χ0n) is 13.3. The Morgan fingerprint density at radius 2 is 1.83 bits per heavy atom. The number of hydrogen-bond donors (Lipinski definition) is 2. The van der Waals surface area contributed by atoms with Gasteiger partial charge in [0.05, 0.1) is 23.6 Å². The van der Waals surface area contributed by atoms with E-state index >= 15 is 0 Å². The van der Waals surface area contributed by atoms with Crippen molar-refractivity contribution in [2.45, 2.75) is 19.9 Å². The molecule has 0 spiro atoms. The summed E-state index contributed by atoms with van der Waals surface area (Å²) in [6.07, 6.45) is 1.78. The van der Waals surface area contributed by atoms with Crippen molar-refractivity contribution in [3.8, 4) is 0 Å². The van der Waals surface area contributed by atoms with Crippen LogP contribution in [0, 0.1) is 10.1 Å². The van der Waals surface area contributed by atoms with Crippen LogP contribution in [0.2, 0.25) is 0 Å². The Morgan fingerprint density at radius 1 is 1.13 bits per heavy atom. The third-order valence-electron chi connectivity index (χ3n) is 3.38. The maximum Gasteiger partial charge on any atom is 0.273 e. The average Bonchev–Trinajstić information content (AvgIpc) is 2.59. The lowest BCUT2D eigenvalue weighted by atomic mass is 10.1. The lowest BCUT2D eigenvalue weighted by molar-refractivity contribution is -0.513. The van der Waals surface area contributed by atoms with E-state index in [2.05, 4.69) is 10.7 Å². The van der Waals surface area contributed by atoms with Crippen LogP contribution in [0.5, 0.6) is 0 Å². The van der Waals surface area contributed by atoms with Gasteiger partial charge in [-0.25, -0.2) is 5.43 Å². The van der Waals surface area contributed by atoms with E-state index in [9.17, 15) is 10.1 Å². The second-order valence-corrected chi connectivity index (χ2v) is 5.10. The molecule has 2 N–H and O–H groups in total. The molecule has 0 unspecified atom stereocenters. The average molecular weight is 313 g/mol. The Kier molecular flexibility index (Phi) is 5.68. The van der Waals surface area contributed by atoms with E-state index in [0.29, 0.717) is 5.69 Å². The number of nitrogens with one attached hydrogen (secondary N) is 2. The molecule has 0 amide bonds. The SMILES string of the molecule is CCNC=[N+](N[C@@H](C)c1ccccc1)c1cccc([N+](=O)[O-])c1. The summed E-state index contributed by atoms with van der Waals surface area (Å²) in [7, 11) is 0. The summed E-state index contributed by atoms with van der Waals surface area (Å²) in [5, 5.41) is 14.1. The van der Waals surface area contributed by atoms with Crippen LogP contribution in [0.25, 0.3) is 0 Å². The lowest BCUT2D eigenvalue weighted by Crippen LogP contribution is -2.32. The van der Waals surface area contributed by atoms with Crippen LogP contribution >= 0.6 is 0 Å². The molecule has 0 saturated heterocycles. The molecule has 0 bridgehead atoms. The van der Waals surface area contributed by atoms with Crippen LogP contribution < -0.4 is 10.7 Å². The summed E-state index contributed by atoms with van der Waals surface area (Å²) < 4.78 is 1.77. The normalized spacial score (nSPS) is 12.5. The quantitative estimate of drug-likeness (QED) is 0.271. The summed E-state index contributed by atoms with van der Waals surface area (Å²) in [5.74, 6) is 0. The maximum absolute atomic E-state index is 11.0. The molecular weight excluding hydrogens is 292 g/mol. The topological polar surface area (TPSA) is 70.2 Å². The van der Waals surface area contributed by atoms with Crippen molar-refractivity contribution in [2.75, 3.05) is 6.54 Å². The number of nitro groups is 1. The third-order valence-corrected chi connectivity index (χ3v) is 3.38. The first kappa shape index (κ1) is 16.5. The van der Waals surface area contributed by atoms with Crippen molar-refractivity contribution in [2.24, 2.45) is 0 Å². The van der Waals surface area contributed by atoms with E-state index in [4.69, 9.17) is 0 Å². The highest BCUT2D eigenvalue weighted by molar-refractivity contribution is 5.52. The molecule has 0 aliphatic carbocycles. The predicted molar refractivity (Wildman–Crippen MR) is 90.8 cm³/mol. The molecule has 0 saturated carbocycles. The number of hydrazone groups is 1. The summed E-state index contributed by atoms with van der Waals surface area (Å²) in [6.45, 7) is 4.79. The molecule has 0 aromatic heterocycles. The molecule has 6 nitrogen and oxygen atoms in total. The van der Waals surface area contributed by atoms with E-state index in [-0.39, 0.29) is 11.7 Å². The molecule has 0 radical (unpaired) electrons. The molecule has 0 fully saturated rings. The first-order valence-electron chi connectivity index (χ1n) is 7.53. The van der Waals surface area contributed by atoms with Gasteiger partial charge in [-0.2, -0.15) is 0 Å². The van der Waals surface area contributed by atoms with Gasteiger partial charge in [-0.05, 0) is 25.5 Å². The van der Waals surface area contributed by atoms with Gasteiger partial charge < -0.3 is 0 Å². The minimum Gasteiger partial charge on any atom is -0.279 e. The van der Waals surface area contributed by atoms with Gasteiger partial charge in [0.2, 0.25) is 0 Å². The van der Waals surface area contributed by atoms with Gasteiger partial charge >= 0.3 is 0 Å². The van der Waals surface area contributed by atoms with Crippen molar-refractivity contribution in [1.82, 2.24) is 10.7 Å². The predicted octanol–water partition coefficient (Wildman–Crippen LogP) is 3.14. The Morgan fingerprint density at radius 3 is 2.48 bits per heavy atom. The molecule has 23 heavy (non-hydrogen) atoms. The fourth-order valence-electron chi connectivity index (χ4n) is 2.15. The summed E-state index contributed by atoms with van der Waals surface area (Å²) >= 11 is 0. The van der Waals surface area contributed by atoms with Crippen LogP contribution in [0.15, 0.2) is 54.6 Å². The van der Waals surface area contributed by atoms with E-state index in [0.717, 1.165) is 12.1 Å². The van der Waals surface area contributed by atoms with Crippen LogP contribution in [0.4, 0.5) is 11.4 Å². The van der Waals surface area contributed by atoms with Crippen LogP contribution in [-0.4, -0.2) is 22.5 Å². The van der Waals surface area contributed by atoms with E-state index in [1.807, 2.05) is 50.2 Å². The van der Waals surface area contributed by atoms with Gasteiger partial charge in [-0.3, -0.25) is 15.4 Å². The lowest BCUT2D eigenvalue weighted by Gasteiger charge is -2.16. The van der Waals surface area contributed by atoms with Crippen molar-refractivity contribution < 1.29 is 9.61 Å². The minimum atomic E-state index is -0.393. The Balaban J connectivity index is 2.27. The fraction of sp³-hybridized carbons (Fsp3) is 0.235. The zero-order valence-corrected chi connectivity index (χ0v) is 13.3.